The molecule has 0 radical (unpaired) electrons. The van der Waals surface area contributed by atoms with E-state index >= 15 is 0 Å². The van der Waals surface area contributed by atoms with Crippen molar-refractivity contribution < 1.29 is 9.59 Å². The molecule has 0 aliphatic carbocycles. The van der Waals surface area contributed by atoms with Gasteiger partial charge in [0.1, 0.15) is 0 Å². The molecule has 2 N–H and O–H groups in total. The van der Waals surface area contributed by atoms with Crippen molar-refractivity contribution in [1.82, 2.24) is 4.90 Å². The van der Waals surface area contributed by atoms with E-state index in [1.54, 1.807) is 4.90 Å². The van der Waals surface area contributed by atoms with Crippen LogP contribution in [0.1, 0.15) is 42.9 Å². The fourth-order valence-corrected chi connectivity index (χ4v) is 4.18. The lowest BCUT2D eigenvalue weighted by molar-refractivity contribution is 0.192. The maximum absolute atomic E-state index is 13.4. The van der Waals surface area contributed by atoms with Gasteiger partial charge in [0.15, 0.2) is 0 Å². The van der Waals surface area contributed by atoms with E-state index in [0.717, 1.165) is 23.2 Å². The molecule has 1 aliphatic rings. The van der Waals surface area contributed by atoms with Crippen molar-refractivity contribution in [3.8, 4) is 0 Å². The number of nitrogens with one attached hydrogen (secondary N) is 2. The highest BCUT2D eigenvalue weighted by Crippen LogP contribution is 2.30. The molecule has 1 fully saturated rings. The van der Waals surface area contributed by atoms with Crippen molar-refractivity contribution in [3.63, 3.8) is 0 Å². The van der Waals surface area contributed by atoms with Crippen LogP contribution in [0.25, 0.3) is 0 Å². The monoisotopic (exact) mass is 456 g/mol. The molecular weight excluding hydrogens is 424 g/mol. The molecule has 3 aromatic rings. The van der Waals surface area contributed by atoms with Gasteiger partial charge in [0.05, 0.1) is 11.4 Å². The second-order valence-corrected chi connectivity index (χ2v) is 9.07. The number of rotatable bonds is 6. The van der Waals surface area contributed by atoms with E-state index in [9.17, 15) is 9.59 Å². The van der Waals surface area contributed by atoms with E-state index < -0.39 is 0 Å². The topological polar surface area (TPSA) is 64.7 Å². The zero-order valence-corrected chi connectivity index (χ0v) is 20.0. The third kappa shape index (κ3) is 5.57. The van der Waals surface area contributed by atoms with Crippen LogP contribution in [-0.4, -0.2) is 30.1 Å². The van der Waals surface area contributed by atoms with Gasteiger partial charge in [-0.15, -0.1) is 0 Å². The fourth-order valence-electron chi connectivity index (χ4n) is 4.18. The summed E-state index contributed by atoms with van der Waals surface area (Å²) in [4.78, 5) is 29.8. The Morgan fingerprint density at radius 3 is 2.38 bits per heavy atom. The first kappa shape index (κ1) is 23.4. The summed E-state index contributed by atoms with van der Waals surface area (Å²) in [6.07, 6.45) is 0.861. The standard InChI is InChI=1S/C28H32N4O2/c1-20(2)23-11-13-24(14-12-23)29-27(33)30-25-18-21(3)10-15-26(25)32-17-7-16-31(28(32)34)19-22-8-5-4-6-9-22/h4-6,8-15,18,20H,7,16-17,19H2,1-3H3,(H2,29,30,33). The van der Waals surface area contributed by atoms with Gasteiger partial charge in [-0.2, -0.15) is 0 Å². The van der Waals surface area contributed by atoms with Crippen LogP contribution in [-0.2, 0) is 6.54 Å². The molecule has 6 nitrogen and oxygen atoms in total. The number of nitrogens with zero attached hydrogens (tertiary/aromatic N) is 2. The predicted octanol–water partition coefficient (Wildman–Crippen LogP) is 6.59. The maximum atomic E-state index is 13.4. The minimum Gasteiger partial charge on any atom is -0.320 e. The van der Waals surface area contributed by atoms with E-state index in [1.165, 1.54) is 5.56 Å². The van der Waals surface area contributed by atoms with Crippen molar-refractivity contribution >= 4 is 29.1 Å². The minimum atomic E-state index is -0.338. The Labute approximate surface area is 201 Å². The van der Waals surface area contributed by atoms with Crippen molar-refractivity contribution in [2.24, 2.45) is 0 Å². The van der Waals surface area contributed by atoms with Gasteiger partial charge in [0.2, 0.25) is 0 Å². The number of urea groups is 2. The summed E-state index contributed by atoms with van der Waals surface area (Å²) >= 11 is 0. The molecule has 1 saturated heterocycles. The second kappa shape index (κ2) is 10.4. The number of amides is 4. The number of hydrogen-bond acceptors (Lipinski definition) is 2. The highest BCUT2D eigenvalue weighted by atomic mass is 16.2. The Morgan fingerprint density at radius 1 is 0.941 bits per heavy atom. The first-order valence-electron chi connectivity index (χ1n) is 11.8. The van der Waals surface area contributed by atoms with Gasteiger partial charge in [-0.25, -0.2) is 9.59 Å². The van der Waals surface area contributed by atoms with Gasteiger partial charge >= 0.3 is 12.1 Å². The molecule has 0 aromatic heterocycles. The highest BCUT2D eigenvalue weighted by Gasteiger charge is 2.28. The van der Waals surface area contributed by atoms with E-state index in [4.69, 9.17) is 0 Å². The third-order valence-electron chi connectivity index (χ3n) is 6.05. The number of hydrogen-bond donors (Lipinski definition) is 2. The van der Waals surface area contributed by atoms with Crippen LogP contribution in [0.2, 0.25) is 0 Å². The van der Waals surface area contributed by atoms with Crippen molar-refractivity contribution in [1.29, 1.82) is 0 Å². The molecule has 1 aliphatic heterocycles. The molecule has 4 rings (SSSR count). The number of anilines is 3. The molecule has 1 heterocycles. The lowest BCUT2D eigenvalue weighted by Crippen LogP contribution is -2.49. The first-order valence-corrected chi connectivity index (χ1v) is 11.8. The molecular formula is C28H32N4O2. The number of carbonyl (C=O) groups is 2. The Kier molecular flexibility index (Phi) is 7.16. The summed E-state index contributed by atoms with van der Waals surface area (Å²) in [7, 11) is 0. The third-order valence-corrected chi connectivity index (χ3v) is 6.05. The smallest absolute Gasteiger partial charge is 0.320 e. The van der Waals surface area contributed by atoms with E-state index in [1.807, 2.05) is 84.6 Å². The van der Waals surface area contributed by atoms with Gasteiger partial charge in [0.25, 0.3) is 0 Å². The normalized spacial score (nSPS) is 13.8. The largest absolute Gasteiger partial charge is 0.324 e. The predicted molar refractivity (Wildman–Crippen MR) is 139 cm³/mol. The van der Waals surface area contributed by atoms with Crippen LogP contribution in [0.3, 0.4) is 0 Å². The molecule has 0 spiro atoms. The Balaban J connectivity index is 1.49. The van der Waals surface area contributed by atoms with E-state index in [0.29, 0.717) is 36.9 Å². The Bertz CT molecular complexity index is 1140. The average Bonchev–Trinajstić information content (AvgIpc) is 2.82. The van der Waals surface area contributed by atoms with E-state index in [-0.39, 0.29) is 12.1 Å². The maximum Gasteiger partial charge on any atom is 0.324 e. The zero-order chi connectivity index (χ0) is 24.1. The first-order chi connectivity index (χ1) is 16.4. The number of aryl methyl sites for hydroxylation is 1. The van der Waals surface area contributed by atoms with Crippen LogP contribution in [0.15, 0.2) is 72.8 Å². The summed E-state index contributed by atoms with van der Waals surface area (Å²) in [5.74, 6) is 0.432. The molecule has 0 bridgehead atoms. The molecule has 0 saturated carbocycles. The SMILES string of the molecule is Cc1ccc(N2CCCN(Cc3ccccc3)C2=O)c(NC(=O)Nc2ccc(C(C)C)cc2)c1. The van der Waals surface area contributed by atoms with Gasteiger partial charge in [0, 0.05) is 25.3 Å². The summed E-state index contributed by atoms with van der Waals surface area (Å²) in [6.45, 7) is 8.13. The summed E-state index contributed by atoms with van der Waals surface area (Å²) < 4.78 is 0. The average molecular weight is 457 g/mol. The van der Waals surface area contributed by atoms with Crippen LogP contribution < -0.4 is 15.5 Å². The Hall–Kier alpha value is -3.80. The molecule has 0 unspecified atom stereocenters. The molecule has 0 atom stereocenters. The molecule has 3 aromatic carbocycles. The van der Waals surface area contributed by atoms with Crippen molar-refractivity contribution in [2.75, 3.05) is 28.6 Å². The highest BCUT2D eigenvalue weighted by molar-refractivity contribution is 6.04. The molecule has 4 amide bonds. The summed E-state index contributed by atoms with van der Waals surface area (Å²) in [6, 6.07) is 23.2. The second-order valence-electron chi connectivity index (χ2n) is 9.07. The van der Waals surface area contributed by atoms with Gasteiger partial charge in [-0.05, 0) is 60.2 Å². The van der Waals surface area contributed by atoms with Crippen LogP contribution in [0, 0.1) is 6.92 Å². The quantitative estimate of drug-likeness (QED) is 0.439. The molecule has 34 heavy (non-hydrogen) atoms. The number of carbonyl (C=O) groups excluding carboxylic acids is 2. The minimum absolute atomic E-state index is 0.0494. The summed E-state index contributed by atoms with van der Waals surface area (Å²) in [5.41, 5.74) is 5.37. The molecule has 176 valence electrons. The van der Waals surface area contributed by atoms with Crippen LogP contribution >= 0.6 is 0 Å². The van der Waals surface area contributed by atoms with Gasteiger partial charge in [-0.3, -0.25) is 4.90 Å². The van der Waals surface area contributed by atoms with Gasteiger partial charge < -0.3 is 15.5 Å². The van der Waals surface area contributed by atoms with Crippen LogP contribution in [0.5, 0.6) is 0 Å². The lowest BCUT2D eigenvalue weighted by atomic mass is 10.0. The molecule has 6 heteroatoms. The van der Waals surface area contributed by atoms with Gasteiger partial charge in [-0.1, -0.05) is 62.4 Å². The lowest BCUT2D eigenvalue weighted by Gasteiger charge is -2.36. The van der Waals surface area contributed by atoms with Crippen molar-refractivity contribution in [3.05, 3.63) is 89.5 Å². The zero-order valence-electron chi connectivity index (χ0n) is 20.0. The Morgan fingerprint density at radius 2 is 1.68 bits per heavy atom. The van der Waals surface area contributed by atoms with Crippen molar-refractivity contribution in [2.45, 2.75) is 39.7 Å². The van der Waals surface area contributed by atoms with Crippen LogP contribution in [0.4, 0.5) is 26.7 Å². The number of benzene rings is 3. The van der Waals surface area contributed by atoms with E-state index in [2.05, 4.69) is 24.5 Å². The fraction of sp³-hybridized carbons (Fsp3) is 0.286. The summed E-state index contributed by atoms with van der Waals surface area (Å²) in [5, 5.41) is 5.85.